The molecule has 0 radical (unpaired) electrons. The summed E-state index contributed by atoms with van der Waals surface area (Å²) in [6, 6.07) is 15.6. The van der Waals surface area contributed by atoms with Gasteiger partial charge in [-0.3, -0.25) is 14.7 Å². The number of methoxy groups -OCH3 is 1. The van der Waals surface area contributed by atoms with E-state index in [9.17, 15) is 4.79 Å². The van der Waals surface area contributed by atoms with Gasteiger partial charge in [-0.05, 0) is 61.8 Å². The van der Waals surface area contributed by atoms with Gasteiger partial charge >= 0.3 is 0 Å². The molecule has 7 nitrogen and oxygen atoms in total. The topological polar surface area (TPSA) is 78.0 Å². The summed E-state index contributed by atoms with van der Waals surface area (Å²) in [6.07, 6.45) is 7.83. The van der Waals surface area contributed by atoms with E-state index in [1.807, 2.05) is 24.3 Å². The molecule has 1 heterocycles. The molecule has 0 bridgehead atoms. The van der Waals surface area contributed by atoms with Crippen molar-refractivity contribution in [2.24, 2.45) is 4.99 Å². The van der Waals surface area contributed by atoms with Crippen LogP contribution < -0.4 is 20.7 Å². The van der Waals surface area contributed by atoms with Crippen molar-refractivity contribution >= 4 is 17.6 Å². The van der Waals surface area contributed by atoms with Gasteiger partial charge in [-0.1, -0.05) is 24.1 Å². The van der Waals surface area contributed by atoms with Crippen LogP contribution in [0.1, 0.15) is 30.0 Å². The smallest absolute Gasteiger partial charge is 0.243 e. The number of nitrogens with one attached hydrogen (secondary N) is 3. The lowest BCUT2D eigenvalue weighted by Gasteiger charge is -2.29. The van der Waals surface area contributed by atoms with E-state index in [0.29, 0.717) is 18.2 Å². The molecular formula is C25H31N5O2. The Balaban J connectivity index is 1.55. The Morgan fingerprint density at radius 3 is 2.59 bits per heavy atom. The highest BCUT2D eigenvalue weighted by Crippen LogP contribution is 2.26. The molecule has 1 saturated heterocycles. The second kappa shape index (κ2) is 11.8. The van der Waals surface area contributed by atoms with Gasteiger partial charge in [0.05, 0.1) is 19.7 Å². The molecule has 1 unspecified atom stereocenters. The van der Waals surface area contributed by atoms with Crippen LogP contribution in [0.4, 0.5) is 5.69 Å². The number of amides is 1. The number of aliphatic imine (C=N–C) groups is 1. The monoisotopic (exact) mass is 433 g/mol. The largest absolute Gasteiger partial charge is 0.497 e. The summed E-state index contributed by atoms with van der Waals surface area (Å²) in [5.74, 6) is 3.81. The Kier molecular flexibility index (Phi) is 8.52. The highest BCUT2D eigenvalue weighted by molar-refractivity contribution is 5.95. The van der Waals surface area contributed by atoms with Crippen molar-refractivity contribution in [1.82, 2.24) is 15.5 Å². The van der Waals surface area contributed by atoms with E-state index < -0.39 is 0 Å². The van der Waals surface area contributed by atoms with Gasteiger partial charge in [0.1, 0.15) is 5.75 Å². The van der Waals surface area contributed by atoms with Crippen molar-refractivity contribution in [3.63, 3.8) is 0 Å². The fourth-order valence-corrected chi connectivity index (χ4v) is 3.81. The summed E-state index contributed by atoms with van der Waals surface area (Å²) >= 11 is 0. The number of terminal acetylenes is 1. The lowest BCUT2D eigenvalue weighted by molar-refractivity contribution is -0.115. The Morgan fingerprint density at radius 1 is 1.19 bits per heavy atom. The Bertz CT molecular complexity index is 959. The summed E-state index contributed by atoms with van der Waals surface area (Å²) in [7, 11) is 3.37. The van der Waals surface area contributed by atoms with Crippen LogP contribution in [-0.4, -0.2) is 57.1 Å². The Labute approximate surface area is 190 Å². The summed E-state index contributed by atoms with van der Waals surface area (Å²) < 4.78 is 5.29. The molecule has 1 amide bonds. The predicted molar refractivity (Wildman–Crippen MR) is 129 cm³/mol. The first-order chi connectivity index (χ1) is 15.6. The first kappa shape index (κ1) is 23.2. The minimum Gasteiger partial charge on any atom is -0.497 e. The van der Waals surface area contributed by atoms with Gasteiger partial charge in [-0.2, -0.15) is 0 Å². The number of likely N-dealkylation sites (tertiary alicyclic amines) is 1. The van der Waals surface area contributed by atoms with Crippen LogP contribution in [0.3, 0.4) is 0 Å². The van der Waals surface area contributed by atoms with E-state index in [4.69, 9.17) is 11.2 Å². The minimum atomic E-state index is -0.173. The second-order valence-electron chi connectivity index (χ2n) is 7.61. The number of carbonyl (C=O) groups excluding carboxylic acids is 1. The minimum absolute atomic E-state index is 0.0941. The maximum absolute atomic E-state index is 12.3. The van der Waals surface area contributed by atoms with Gasteiger partial charge in [-0.25, -0.2) is 0 Å². The van der Waals surface area contributed by atoms with E-state index >= 15 is 0 Å². The predicted octanol–water partition coefficient (Wildman–Crippen LogP) is 2.62. The molecule has 0 saturated carbocycles. The van der Waals surface area contributed by atoms with Crippen LogP contribution in [0.5, 0.6) is 5.75 Å². The maximum atomic E-state index is 12.3. The zero-order chi connectivity index (χ0) is 22.8. The van der Waals surface area contributed by atoms with Gasteiger partial charge in [0, 0.05) is 24.8 Å². The van der Waals surface area contributed by atoms with Gasteiger partial charge in [0.2, 0.25) is 5.91 Å². The number of nitrogens with zero attached hydrogens (tertiary/aromatic N) is 2. The SMILES string of the molecule is C#Cc1cccc(NC(=O)CNC(=NC)NCC(c2ccc(OC)cc2)N2CCCC2)c1. The van der Waals surface area contributed by atoms with E-state index in [1.54, 1.807) is 26.3 Å². The quantitative estimate of drug-likeness (QED) is 0.339. The molecule has 1 fully saturated rings. The van der Waals surface area contributed by atoms with Crippen molar-refractivity contribution in [2.45, 2.75) is 18.9 Å². The summed E-state index contributed by atoms with van der Waals surface area (Å²) in [5.41, 5.74) is 2.62. The third kappa shape index (κ3) is 6.50. The van der Waals surface area contributed by atoms with Crippen molar-refractivity contribution in [3.05, 3.63) is 59.7 Å². The number of hydrogen-bond acceptors (Lipinski definition) is 4. The lowest BCUT2D eigenvalue weighted by Crippen LogP contribution is -2.44. The van der Waals surface area contributed by atoms with E-state index in [0.717, 1.165) is 24.4 Å². The number of hydrogen-bond donors (Lipinski definition) is 3. The molecule has 168 valence electrons. The number of benzene rings is 2. The molecule has 1 aliphatic heterocycles. The molecule has 2 aromatic carbocycles. The van der Waals surface area contributed by atoms with Crippen molar-refractivity contribution in [2.75, 3.05) is 45.7 Å². The maximum Gasteiger partial charge on any atom is 0.243 e. The molecular weight excluding hydrogens is 402 g/mol. The number of ether oxygens (including phenoxy) is 1. The average Bonchev–Trinajstić information content (AvgIpc) is 3.36. The third-order valence-electron chi connectivity index (χ3n) is 5.50. The van der Waals surface area contributed by atoms with Gasteiger partial charge in [-0.15, -0.1) is 6.42 Å². The molecule has 3 N–H and O–H groups in total. The Hall–Kier alpha value is -3.50. The molecule has 2 aromatic rings. The van der Waals surface area contributed by atoms with Crippen molar-refractivity contribution < 1.29 is 9.53 Å². The summed E-state index contributed by atoms with van der Waals surface area (Å²) in [5, 5.41) is 9.29. The molecule has 32 heavy (non-hydrogen) atoms. The number of guanidine groups is 1. The highest BCUT2D eigenvalue weighted by atomic mass is 16.5. The van der Waals surface area contributed by atoms with E-state index in [2.05, 4.69) is 43.9 Å². The van der Waals surface area contributed by atoms with Crippen LogP contribution in [0.15, 0.2) is 53.5 Å². The number of anilines is 1. The third-order valence-corrected chi connectivity index (χ3v) is 5.50. The fourth-order valence-electron chi connectivity index (χ4n) is 3.81. The molecule has 0 aromatic heterocycles. The van der Waals surface area contributed by atoms with Crippen LogP contribution in [-0.2, 0) is 4.79 Å². The van der Waals surface area contributed by atoms with Crippen LogP contribution in [0.25, 0.3) is 0 Å². The summed E-state index contributed by atoms with van der Waals surface area (Å²) in [4.78, 5) is 19.1. The standard InChI is InChI=1S/C25H31N5O2/c1-4-19-8-7-9-21(16-19)29-24(31)18-28-25(26-2)27-17-23(30-14-5-6-15-30)20-10-12-22(32-3)13-11-20/h1,7-13,16,23H,5-6,14-15,17-18H2,2-3H3,(H,29,31)(H2,26,27,28). The molecule has 1 aliphatic rings. The fraction of sp³-hybridized carbons (Fsp3) is 0.360. The van der Waals surface area contributed by atoms with Gasteiger partial charge in [0.15, 0.2) is 5.96 Å². The van der Waals surface area contributed by atoms with Crippen molar-refractivity contribution in [1.29, 1.82) is 0 Å². The second-order valence-corrected chi connectivity index (χ2v) is 7.61. The average molecular weight is 434 g/mol. The van der Waals surface area contributed by atoms with Gasteiger partial charge in [0.25, 0.3) is 0 Å². The molecule has 7 heteroatoms. The first-order valence-electron chi connectivity index (χ1n) is 10.8. The van der Waals surface area contributed by atoms with Gasteiger partial charge < -0.3 is 20.7 Å². The summed E-state index contributed by atoms with van der Waals surface area (Å²) in [6.45, 7) is 2.92. The molecule has 1 atom stereocenters. The molecule has 3 rings (SSSR count). The van der Waals surface area contributed by atoms with Crippen LogP contribution in [0.2, 0.25) is 0 Å². The number of carbonyl (C=O) groups is 1. The zero-order valence-electron chi connectivity index (χ0n) is 18.7. The number of rotatable bonds is 8. The van der Waals surface area contributed by atoms with Crippen LogP contribution in [0, 0.1) is 12.3 Å². The molecule has 0 aliphatic carbocycles. The molecule has 0 spiro atoms. The Morgan fingerprint density at radius 2 is 1.94 bits per heavy atom. The highest BCUT2D eigenvalue weighted by Gasteiger charge is 2.23. The zero-order valence-corrected chi connectivity index (χ0v) is 18.7. The lowest BCUT2D eigenvalue weighted by atomic mass is 10.1. The normalized spacial score (nSPS) is 15.0. The van der Waals surface area contributed by atoms with Crippen LogP contribution >= 0.6 is 0 Å². The van der Waals surface area contributed by atoms with E-state index in [1.165, 1.54) is 18.4 Å². The first-order valence-corrected chi connectivity index (χ1v) is 10.8. The van der Waals surface area contributed by atoms with Crippen molar-refractivity contribution in [3.8, 4) is 18.1 Å². The van der Waals surface area contributed by atoms with E-state index in [-0.39, 0.29) is 18.5 Å².